The van der Waals surface area contributed by atoms with Crippen molar-refractivity contribution >= 4 is 11.9 Å². The van der Waals surface area contributed by atoms with Crippen molar-refractivity contribution in [1.82, 2.24) is 0 Å². The molecule has 0 heterocycles. The third-order valence-corrected chi connectivity index (χ3v) is 1.76. The fraction of sp³-hybridized carbons (Fsp3) is 0.500. The molecule has 0 fully saturated rings. The Morgan fingerprint density at radius 3 is 2.06 bits per heavy atom. The van der Waals surface area contributed by atoms with Crippen LogP contribution in [-0.2, 0) is 19.1 Å². The molecule has 0 aliphatic heterocycles. The van der Waals surface area contributed by atoms with Gasteiger partial charge in [-0.3, -0.25) is 0 Å². The lowest BCUT2D eigenvalue weighted by Crippen LogP contribution is -2.18. The molecule has 0 N–H and O–H groups in total. The molecule has 0 aliphatic rings. The molecular weight excluding hydrogens is 208 g/mol. The van der Waals surface area contributed by atoms with Crippen LogP contribution in [0.1, 0.15) is 27.2 Å². The highest BCUT2D eigenvalue weighted by Gasteiger charge is 2.11. The summed E-state index contributed by atoms with van der Waals surface area (Å²) in [6.07, 6.45) is 0.153. The van der Waals surface area contributed by atoms with Gasteiger partial charge in [0.15, 0.2) is 0 Å². The zero-order valence-electron chi connectivity index (χ0n) is 10.0. The van der Waals surface area contributed by atoms with E-state index in [9.17, 15) is 9.59 Å². The van der Waals surface area contributed by atoms with Gasteiger partial charge in [-0.2, -0.15) is 0 Å². The summed E-state index contributed by atoms with van der Waals surface area (Å²) in [5, 5.41) is 0. The normalized spacial score (nSPS) is 11.4. The third kappa shape index (κ3) is 6.01. The zero-order valence-corrected chi connectivity index (χ0v) is 10.0. The maximum absolute atomic E-state index is 11.1. The average Bonchev–Trinajstić information content (AvgIpc) is 2.16. The second kappa shape index (κ2) is 6.82. The Balaban J connectivity index is 3.78. The molecular formula is C12H18O4. The monoisotopic (exact) mass is 226 g/mol. The number of hydrogen-bond acceptors (Lipinski definition) is 4. The molecule has 0 aliphatic carbocycles. The summed E-state index contributed by atoms with van der Waals surface area (Å²) in [6, 6.07) is 0. The minimum atomic E-state index is -0.432. The number of esters is 2. The van der Waals surface area contributed by atoms with Crippen LogP contribution in [0, 0.1) is 0 Å². The van der Waals surface area contributed by atoms with E-state index in [2.05, 4.69) is 13.2 Å². The number of carbonyl (C=O) groups excluding carboxylic acids is 2. The molecule has 0 radical (unpaired) electrons. The van der Waals surface area contributed by atoms with Crippen LogP contribution in [0.3, 0.4) is 0 Å². The third-order valence-electron chi connectivity index (χ3n) is 1.76. The first kappa shape index (κ1) is 14.4. The van der Waals surface area contributed by atoms with Crippen molar-refractivity contribution in [3.8, 4) is 0 Å². The first-order valence-corrected chi connectivity index (χ1v) is 5.03. The van der Waals surface area contributed by atoms with Crippen molar-refractivity contribution < 1.29 is 19.1 Å². The molecule has 90 valence electrons. The number of hydrogen-bond donors (Lipinski definition) is 0. The predicted octanol–water partition coefficient (Wildman–Crippen LogP) is 2.00. The number of carbonyl (C=O) groups is 2. The van der Waals surface area contributed by atoms with Crippen molar-refractivity contribution in [2.45, 2.75) is 33.3 Å². The Morgan fingerprint density at radius 1 is 1.12 bits per heavy atom. The molecule has 16 heavy (non-hydrogen) atoms. The quantitative estimate of drug-likeness (QED) is 0.513. The summed E-state index contributed by atoms with van der Waals surface area (Å²) < 4.78 is 9.87. The predicted molar refractivity (Wildman–Crippen MR) is 60.8 cm³/mol. The van der Waals surface area contributed by atoms with Gasteiger partial charge in [0, 0.05) is 17.6 Å². The van der Waals surface area contributed by atoms with Crippen molar-refractivity contribution in [2.24, 2.45) is 0 Å². The molecule has 0 aromatic rings. The lowest BCUT2D eigenvalue weighted by molar-refractivity contribution is -0.145. The van der Waals surface area contributed by atoms with Crippen LogP contribution in [0.4, 0.5) is 0 Å². The van der Waals surface area contributed by atoms with Gasteiger partial charge in [-0.05, 0) is 20.8 Å². The van der Waals surface area contributed by atoms with Gasteiger partial charge < -0.3 is 9.47 Å². The minimum absolute atomic E-state index is 0.205. The maximum Gasteiger partial charge on any atom is 0.333 e. The lowest BCUT2D eigenvalue weighted by atomic mass is 10.3. The Kier molecular flexibility index (Phi) is 6.15. The van der Waals surface area contributed by atoms with Gasteiger partial charge in [0.25, 0.3) is 0 Å². The van der Waals surface area contributed by atoms with Gasteiger partial charge in [0.1, 0.15) is 6.10 Å². The van der Waals surface area contributed by atoms with Gasteiger partial charge >= 0.3 is 11.9 Å². The van der Waals surface area contributed by atoms with Crippen LogP contribution in [0.5, 0.6) is 0 Å². The highest BCUT2D eigenvalue weighted by atomic mass is 16.6. The van der Waals surface area contributed by atoms with Gasteiger partial charge in [-0.1, -0.05) is 13.2 Å². The molecule has 4 heteroatoms. The van der Waals surface area contributed by atoms with E-state index in [1.54, 1.807) is 20.8 Å². The fourth-order valence-corrected chi connectivity index (χ4v) is 0.783. The van der Waals surface area contributed by atoms with E-state index in [1.165, 1.54) is 0 Å². The summed E-state index contributed by atoms with van der Waals surface area (Å²) in [5.41, 5.74) is 0.706. The molecule has 0 aromatic carbocycles. The number of rotatable bonds is 6. The van der Waals surface area contributed by atoms with Crippen LogP contribution in [0.2, 0.25) is 0 Å². The Hall–Kier alpha value is -1.58. The van der Waals surface area contributed by atoms with E-state index in [1.807, 2.05) is 0 Å². The largest absolute Gasteiger partial charge is 0.462 e. The second-order valence-electron chi connectivity index (χ2n) is 3.70. The van der Waals surface area contributed by atoms with Crippen molar-refractivity contribution in [1.29, 1.82) is 0 Å². The molecule has 0 unspecified atom stereocenters. The van der Waals surface area contributed by atoms with E-state index in [4.69, 9.17) is 9.47 Å². The topological polar surface area (TPSA) is 52.6 Å². The molecule has 0 bridgehead atoms. The summed E-state index contributed by atoms with van der Waals surface area (Å²) in [4.78, 5) is 22.1. The van der Waals surface area contributed by atoms with Crippen molar-refractivity contribution in [3.05, 3.63) is 24.3 Å². The van der Waals surface area contributed by atoms with Crippen LogP contribution in [-0.4, -0.2) is 24.6 Å². The SMILES string of the molecule is C=C(C)C(=O)OCC[C@H](C)OC(=O)C(=C)C. The van der Waals surface area contributed by atoms with Gasteiger partial charge in [0.05, 0.1) is 6.61 Å². The van der Waals surface area contributed by atoms with Gasteiger partial charge in [-0.25, -0.2) is 9.59 Å². The second-order valence-corrected chi connectivity index (χ2v) is 3.70. The zero-order chi connectivity index (χ0) is 12.7. The standard InChI is InChI=1S/C12H18O4/c1-8(2)11(13)15-7-6-10(5)16-12(14)9(3)4/h10H,1,3,6-7H2,2,4-5H3/t10-/m0/s1. The summed E-state index contributed by atoms with van der Waals surface area (Å²) in [6.45, 7) is 12.0. The van der Waals surface area contributed by atoms with E-state index in [0.29, 0.717) is 17.6 Å². The molecule has 0 aromatic heterocycles. The highest BCUT2D eigenvalue weighted by molar-refractivity contribution is 5.87. The first-order chi connectivity index (χ1) is 7.34. The van der Waals surface area contributed by atoms with E-state index < -0.39 is 11.9 Å². The molecule has 0 saturated heterocycles. The molecule has 0 saturated carbocycles. The molecule has 4 nitrogen and oxygen atoms in total. The summed E-state index contributed by atoms with van der Waals surface area (Å²) in [5.74, 6) is -0.864. The fourth-order valence-electron chi connectivity index (χ4n) is 0.783. The van der Waals surface area contributed by atoms with Crippen LogP contribution in [0.15, 0.2) is 24.3 Å². The molecule has 0 amide bonds. The molecule has 1 atom stereocenters. The molecule has 0 rings (SSSR count). The van der Waals surface area contributed by atoms with E-state index in [-0.39, 0.29) is 12.7 Å². The van der Waals surface area contributed by atoms with Crippen LogP contribution in [0.25, 0.3) is 0 Å². The lowest BCUT2D eigenvalue weighted by Gasteiger charge is -2.13. The summed E-state index contributed by atoms with van der Waals surface area (Å²) in [7, 11) is 0. The average molecular weight is 226 g/mol. The van der Waals surface area contributed by atoms with E-state index in [0.717, 1.165) is 0 Å². The van der Waals surface area contributed by atoms with Gasteiger partial charge in [0.2, 0.25) is 0 Å². The van der Waals surface area contributed by atoms with E-state index >= 15 is 0 Å². The van der Waals surface area contributed by atoms with Crippen molar-refractivity contribution in [2.75, 3.05) is 6.61 Å². The Labute approximate surface area is 95.9 Å². The molecule has 0 spiro atoms. The highest BCUT2D eigenvalue weighted by Crippen LogP contribution is 2.03. The Morgan fingerprint density at radius 2 is 1.62 bits per heavy atom. The minimum Gasteiger partial charge on any atom is -0.462 e. The van der Waals surface area contributed by atoms with Crippen LogP contribution < -0.4 is 0 Å². The smallest absolute Gasteiger partial charge is 0.333 e. The van der Waals surface area contributed by atoms with Gasteiger partial charge in [-0.15, -0.1) is 0 Å². The Bertz CT molecular complexity index is 304. The summed E-state index contributed by atoms with van der Waals surface area (Å²) >= 11 is 0. The number of ether oxygens (including phenoxy) is 2. The maximum atomic E-state index is 11.1. The van der Waals surface area contributed by atoms with Crippen LogP contribution >= 0.6 is 0 Å². The first-order valence-electron chi connectivity index (χ1n) is 5.03. The van der Waals surface area contributed by atoms with Crippen molar-refractivity contribution in [3.63, 3.8) is 0 Å².